The third-order valence-electron chi connectivity index (χ3n) is 9.76. The molecule has 1 N–H and O–H groups in total. The molecule has 46 heavy (non-hydrogen) atoms. The summed E-state index contributed by atoms with van der Waals surface area (Å²) in [5.41, 5.74) is 2.32. The van der Waals surface area contributed by atoms with Crippen molar-refractivity contribution in [3.8, 4) is 0 Å². The summed E-state index contributed by atoms with van der Waals surface area (Å²) in [5.74, 6) is -2.34. The van der Waals surface area contributed by atoms with E-state index in [2.05, 4.69) is 29.1 Å². The predicted molar refractivity (Wildman–Crippen MR) is 183 cm³/mol. The van der Waals surface area contributed by atoms with Crippen molar-refractivity contribution < 1.29 is 24.2 Å². The molecule has 5 rings (SSSR count). The summed E-state index contributed by atoms with van der Waals surface area (Å²) in [7, 11) is 0. The normalized spacial score (nSPS) is 27.1. The van der Waals surface area contributed by atoms with Crippen LogP contribution >= 0.6 is 15.9 Å². The van der Waals surface area contributed by atoms with Gasteiger partial charge in [-0.1, -0.05) is 90.5 Å². The number of halogens is 1. The molecule has 3 unspecified atom stereocenters. The first-order valence-corrected chi connectivity index (χ1v) is 17.1. The number of para-hydroxylation sites is 1. The number of ether oxygens (including phenoxy) is 1. The van der Waals surface area contributed by atoms with E-state index in [0.29, 0.717) is 25.9 Å². The average molecular weight is 693 g/mol. The number of nitrogens with zero attached hydrogens (tertiary/aromatic N) is 3. The van der Waals surface area contributed by atoms with Gasteiger partial charge in [0.2, 0.25) is 11.8 Å². The van der Waals surface area contributed by atoms with Crippen LogP contribution in [0, 0.1) is 31.6 Å². The van der Waals surface area contributed by atoms with Crippen LogP contribution in [0.25, 0.3) is 0 Å². The van der Waals surface area contributed by atoms with Crippen LogP contribution in [0.4, 0.5) is 5.69 Å². The molecule has 246 valence electrons. The maximum atomic E-state index is 15.1. The van der Waals surface area contributed by atoms with Gasteiger partial charge in [0.25, 0.3) is 5.91 Å². The molecule has 7 atom stereocenters. The van der Waals surface area contributed by atoms with Gasteiger partial charge in [-0.25, -0.2) is 0 Å². The maximum absolute atomic E-state index is 15.1. The second-order valence-corrected chi connectivity index (χ2v) is 14.5. The Hall–Kier alpha value is -3.27. The molecule has 0 radical (unpaired) electrons. The SMILES string of the molecule is C=CCN(Cc1ccccc1)C(=O)[C@H]1[C@@H]2OC3(CC2Br)C(C(=O)N(CC=C)c2c(C)cccc2C)N([C@@H](CO)CC(C)C)C(=O)[C@H]13. The van der Waals surface area contributed by atoms with E-state index in [1.165, 1.54) is 0 Å². The first-order valence-electron chi connectivity index (χ1n) is 16.2. The van der Waals surface area contributed by atoms with Gasteiger partial charge in [0, 0.05) is 30.1 Å². The minimum Gasteiger partial charge on any atom is -0.394 e. The first-order chi connectivity index (χ1) is 22.0. The Kier molecular flexibility index (Phi) is 10.3. The maximum Gasteiger partial charge on any atom is 0.253 e. The highest BCUT2D eigenvalue weighted by Gasteiger charge is 2.77. The van der Waals surface area contributed by atoms with Crippen molar-refractivity contribution in [1.82, 2.24) is 9.80 Å². The molecule has 8 nitrogen and oxygen atoms in total. The molecule has 2 aromatic carbocycles. The lowest BCUT2D eigenvalue weighted by atomic mass is 9.70. The van der Waals surface area contributed by atoms with Gasteiger partial charge in [-0.2, -0.15) is 0 Å². The molecular formula is C37H46BrN3O5. The third kappa shape index (κ3) is 5.86. The van der Waals surface area contributed by atoms with Gasteiger partial charge in [0.05, 0.1) is 30.6 Å². The Labute approximate surface area is 281 Å². The Balaban J connectivity index is 1.62. The molecular weight excluding hydrogens is 646 g/mol. The largest absolute Gasteiger partial charge is 0.394 e. The molecule has 3 heterocycles. The number of carbonyl (C=O) groups is 3. The summed E-state index contributed by atoms with van der Waals surface area (Å²) >= 11 is 3.80. The van der Waals surface area contributed by atoms with Gasteiger partial charge in [0.1, 0.15) is 11.6 Å². The van der Waals surface area contributed by atoms with Crippen molar-refractivity contribution in [1.29, 1.82) is 0 Å². The number of aliphatic hydroxyl groups is 1. The molecule has 2 aromatic rings. The summed E-state index contributed by atoms with van der Waals surface area (Å²) in [4.78, 5) is 49.2. The topological polar surface area (TPSA) is 90.4 Å². The zero-order valence-electron chi connectivity index (χ0n) is 27.3. The van der Waals surface area contributed by atoms with Gasteiger partial charge in [-0.3, -0.25) is 14.4 Å². The molecule has 0 aliphatic carbocycles. The van der Waals surface area contributed by atoms with Crippen LogP contribution in [0.3, 0.4) is 0 Å². The fourth-order valence-corrected chi connectivity index (χ4v) is 8.99. The van der Waals surface area contributed by atoms with Gasteiger partial charge < -0.3 is 24.5 Å². The van der Waals surface area contributed by atoms with E-state index in [0.717, 1.165) is 22.4 Å². The number of hydrogen-bond donors (Lipinski definition) is 1. The molecule has 3 fully saturated rings. The number of rotatable bonds is 13. The predicted octanol–water partition coefficient (Wildman–Crippen LogP) is 5.19. The monoisotopic (exact) mass is 691 g/mol. The van der Waals surface area contributed by atoms with E-state index >= 15 is 4.79 Å². The van der Waals surface area contributed by atoms with E-state index in [1.807, 2.05) is 76.2 Å². The van der Waals surface area contributed by atoms with E-state index < -0.39 is 35.6 Å². The van der Waals surface area contributed by atoms with E-state index in [4.69, 9.17) is 4.74 Å². The van der Waals surface area contributed by atoms with Crippen molar-refractivity contribution in [3.05, 3.63) is 90.5 Å². The van der Waals surface area contributed by atoms with Crippen LogP contribution in [0.5, 0.6) is 0 Å². The number of fused-ring (bicyclic) bond motifs is 1. The van der Waals surface area contributed by atoms with Gasteiger partial charge >= 0.3 is 0 Å². The van der Waals surface area contributed by atoms with Crippen molar-refractivity contribution in [3.63, 3.8) is 0 Å². The quantitative estimate of drug-likeness (QED) is 0.231. The minimum absolute atomic E-state index is 0.147. The van der Waals surface area contributed by atoms with Gasteiger partial charge in [-0.05, 0) is 49.3 Å². The number of alkyl halides is 1. The zero-order valence-corrected chi connectivity index (χ0v) is 28.9. The molecule has 0 saturated carbocycles. The van der Waals surface area contributed by atoms with Gasteiger partial charge in [0.15, 0.2) is 0 Å². The van der Waals surface area contributed by atoms with Crippen molar-refractivity contribution in [2.75, 3.05) is 24.6 Å². The highest BCUT2D eigenvalue weighted by atomic mass is 79.9. The van der Waals surface area contributed by atoms with Gasteiger partial charge in [-0.15, -0.1) is 13.2 Å². The van der Waals surface area contributed by atoms with E-state index in [-0.39, 0.29) is 41.6 Å². The lowest BCUT2D eigenvalue weighted by Crippen LogP contribution is -2.59. The Morgan fingerprint density at radius 3 is 2.30 bits per heavy atom. The lowest BCUT2D eigenvalue weighted by Gasteiger charge is -2.40. The van der Waals surface area contributed by atoms with Crippen molar-refractivity contribution in [2.24, 2.45) is 17.8 Å². The molecule has 3 aliphatic rings. The second kappa shape index (κ2) is 13.8. The number of carbonyl (C=O) groups excluding carboxylic acids is 3. The summed E-state index contributed by atoms with van der Waals surface area (Å²) in [6.45, 7) is 16.4. The summed E-state index contributed by atoms with van der Waals surface area (Å²) < 4.78 is 6.83. The standard InChI is InChI=1S/C37H46BrN3O5/c1-7-17-39(21-26-15-10-9-11-16-26)34(43)29-30-35(44)41(27(22-42)19-23(3)4)33(37(30)20-28(38)32(29)46-37)36(45)40(18-8-2)31-24(5)13-12-14-25(31)6/h7-16,23,27-30,32-33,42H,1-2,17-22H2,3-6H3/t27-,28?,29-,30+,32-,33?,37?/m1/s1. The van der Waals surface area contributed by atoms with Crippen molar-refractivity contribution in [2.45, 2.75) is 75.7 Å². The lowest BCUT2D eigenvalue weighted by molar-refractivity contribution is -0.147. The summed E-state index contributed by atoms with van der Waals surface area (Å²) in [6.07, 6.45) is 3.66. The number of aliphatic hydroxyl groups excluding tert-OH is 1. The Morgan fingerprint density at radius 1 is 1.07 bits per heavy atom. The minimum atomic E-state index is -1.25. The number of aryl methyl sites for hydroxylation is 2. The number of anilines is 1. The number of hydrogen-bond acceptors (Lipinski definition) is 5. The number of benzene rings is 2. The van der Waals surface area contributed by atoms with Crippen molar-refractivity contribution >= 4 is 39.3 Å². The highest BCUT2D eigenvalue weighted by molar-refractivity contribution is 9.09. The molecule has 1 spiro atoms. The highest BCUT2D eigenvalue weighted by Crippen LogP contribution is 2.61. The smallest absolute Gasteiger partial charge is 0.253 e. The molecule has 9 heteroatoms. The molecule has 3 aliphatic heterocycles. The fourth-order valence-electron chi connectivity index (χ4n) is 8.04. The molecule has 2 bridgehead atoms. The summed E-state index contributed by atoms with van der Waals surface area (Å²) in [5, 5.41) is 10.7. The van der Waals surface area contributed by atoms with Crippen LogP contribution < -0.4 is 4.90 Å². The third-order valence-corrected chi connectivity index (χ3v) is 10.6. The van der Waals surface area contributed by atoms with E-state index in [1.54, 1.807) is 26.9 Å². The first kappa shape index (κ1) is 34.1. The average Bonchev–Trinajstić information content (AvgIpc) is 3.62. The van der Waals surface area contributed by atoms with Crippen LogP contribution in [-0.4, -0.2) is 80.9 Å². The molecule has 3 saturated heterocycles. The molecule has 0 aromatic heterocycles. The van der Waals surface area contributed by atoms with Crippen LogP contribution in [-0.2, 0) is 25.7 Å². The number of likely N-dealkylation sites (tertiary alicyclic amines) is 1. The van der Waals surface area contributed by atoms with E-state index in [9.17, 15) is 14.7 Å². The Morgan fingerprint density at radius 2 is 1.72 bits per heavy atom. The number of amides is 3. The van der Waals surface area contributed by atoms with Crippen LogP contribution in [0.1, 0.15) is 43.4 Å². The molecule has 3 amide bonds. The van der Waals surface area contributed by atoms with Crippen LogP contribution in [0.2, 0.25) is 0 Å². The summed E-state index contributed by atoms with van der Waals surface area (Å²) in [6, 6.07) is 13.9. The fraction of sp³-hybridized carbons (Fsp3) is 0.486. The Bertz CT molecular complexity index is 1460. The zero-order chi connectivity index (χ0) is 33.3. The second-order valence-electron chi connectivity index (χ2n) is 13.3. The van der Waals surface area contributed by atoms with Crippen LogP contribution in [0.15, 0.2) is 73.8 Å².